The highest BCUT2D eigenvalue weighted by atomic mass is 16.5. The number of Topliss-reactive ketones (excluding diaryl/α,β-unsaturated/α-hetero) is 2. The van der Waals surface area contributed by atoms with Crippen LogP contribution in [0.25, 0.3) is 0 Å². The molecule has 3 fully saturated rings. The number of rotatable bonds is 4. The fourth-order valence-corrected chi connectivity index (χ4v) is 9.48. The van der Waals surface area contributed by atoms with Crippen molar-refractivity contribution in [2.45, 2.75) is 97.8 Å². The van der Waals surface area contributed by atoms with Crippen LogP contribution < -0.4 is 4.74 Å². The Morgan fingerprint density at radius 3 is 2.62 bits per heavy atom. The van der Waals surface area contributed by atoms with Crippen molar-refractivity contribution in [2.24, 2.45) is 28.6 Å². The molecule has 4 nitrogen and oxygen atoms in total. The second-order valence-electron chi connectivity index (χ2n) is 13.6. The number of allylic oxidation sites excluding steroid dienone is 6. The fraction of sp³-hybridized carbons (Fsp3) is 0.571. The number of esters is 1. The topological polar surface area (TPSA) is 60.4 Å². The highest BCUT2D eigenvalue weighted by molar-refractivity contribution is 6.07. The molecule has 0 radical (unpaired) electrons. The smallest absolute Gasteiger partial charge is 0.311 e. The van der Waals surface area contributed by atoms with Crippen LogP contribution in [0.15, 0.2) is 52.1 Å². The van der Waals surface area contributed by atoms with E-state index in [4.69, 9.17) is 4.74 Å². The zero-order valence-corrected chi connectivity index (χ0v) is 23.8. The van der Waals surface area contributed by atoms with Crippen molar-refractivity contribution in [3.05, 3.63) is 63.3 Å². The summed E-state index contributed by atoms with van der Waals surface area (Å²) in [6, 6.07) is 6.24. The van der Waals surface area contributed by atoms with E-state index in [0.717, 1.165) is 73.7 Å². The molecule has 1 spiro atoms. The van der Waals surface area contributed by atoms with Gasteiger partial charge in [0.2, 0.25) is 0 Å². The van der Waals surface area contributed by atoms with Gasteiger partial charge in [-0.15, -0.1) is 0 Å². The molecule has 0 aromatic heterocycles. The lowest BCUT2D eigenvalue weighted by molar-refractivity contribution is -0.134. The fourth-order valence-electron chi connectivity index (χ4n) is 9.48. The first-order valence-electron chi connectivity index (χ1n) is 15.2. The van der Waals surface area contributed by atoms with Gasteiger partial charge in [-0.2, -0.15) is 0 Å². The first kappa shape index (κ1) is 25.2. The summed E-state index contributed by atoms with van der Waals surface area (Å²) >= 11 is 0. The number of fused-ring (bicyclic) bond motifs is 6. The van der Waals surface area contributed by atoms with E-state index in [9.17, 15) is 14.4 Å². The van der Waals surface area contributed by atoms with Gasteiger partial charge in [0.05, 0.1) is 6.42 Å². The van der Waals surface area contributed by atoms with Gasteiger partial charge in [-0.3, -0.25) is 14.4 Å². The van der Waals surface area contributed by atoms with Gasteiger partial charge in [-0.05, 0) is 129 Å². The van der Waals surface area contributed by atoms with Crippen molar-refractivity contribution < 1.29 is 19.1 Å². The molecule has 3 unspecified atom stereocenters. The number of carbonyl (C=O) groups is 3. The second-order valence-corrected chi connectivity index (χ2v) is 13.6. The maximum atomic E-state index is 13.1. The summed E-state index contributed by atoms with van der Waals surface area (Å²) in [5.74, 6) is 2.87. The molecule has 0 heterocycles. The number of carbonyl (C=O) groups excluding carboxylic acids is 3. The zero-order valence-electron chi connectivity index (χ0n) is 23.8. The Balaban J connectivity index is 1.03. The van der Waals surface area contributed by atoms with Gasteiger partial charge in [-0.25, -0.2) is 0 Å². The van der Waals surface area contributed by atoms with E-state index in [-0.39, 0.29) is 28.5 Å². The van der Waals surface area contributed by atoms with Gasteiger partial charge in [0, 0.05) is 28.7 Å². The van der Waals surface area contributed by atoms with Crippen molar-refractivity contribution in [1.29, 1.82) is 0 Å². The van der Waals surface area contributed by atoms with Crippen LogP contribution in [0.4, 0.5) is 0 Å². The molecule has 3 saturated carbocycles. The summed E-state index contributed by atoms with van der Waals surface area (Å²) in [4.78, 5) is 38.7. The molecule has 0 bridgehead atoms. The van der Waals surface area contributed by atoms with Gasteiger partial charge in [0.1, 0.15) is 11.5 Å². The molecule has 5 atom stereocenters. The predicted molar refractivity (Wildman–Crippen MR) is 150 cm³/mol. The van der Waals surface area contributed by atoms with Crippen LogP contribution in [0.5, 0.6) is 5.75 Å². The third kappa shape index (κ3) is 3.59. The molecule has 0 saturated heterocycles. The Labute approximate surface area is 232 Å². The van der Waals surface area contributed by atoms with E-state index in [1.807, 2.05) is 12.1 Å². The first-order valence-corrected chi connectivity index (χ1v) is 15.2. The molecule has 1 aromatic rings. The maximum absolute atomic E-state index is 13.1. The summed E-state index contributed by atoms with van der Waals surface area (Å²) in [7, 11) is 0. The van der Waals surface area contributed by atoms with Crippen LogP contribution in [0.3, 0.4) is 0 Å². The van der Waals surface area contributed by atoms with Crippen molar-refractivity contribution in [3.63, 3.8) is 0 Å². The quantitative estimate of drug-likeness (QED) is 0.305. The van der Waals surface area contributed by atoms with Gasteiger partial charge in [0.25, 0.3) is 0 Å². The summed E-state index contributed by atoms with van der Waals surface area (Å²) in [5.41, 5.74) is 8.25. The molecule has 204 valence electrons. The SMILES string of the molecule is CC1=C(CCC(=O)Oc2ccc3c(c2)CCC2C3CC[C@]3(C)C(=O)CCC23)C2=C(C)C3(CC3)[C@H](C)C(=O)C2=C1. The molecule has 0 amide bonds. The number of aryl methyl sites for hydroxylation is 1. The highest BCUT2D eigenvalue weighted by Gasteiger charge is 2.57. The Morgan fingerprint density at radius 1 is 1.05 bits per heavy atom. The first-order chi connectivity index (χ1) is 18.6. The average Bonchev–Trinajstić information content (AvgIpc) is 3.58. The van der Waals surface area contributed by atoms with Crippen LogP contribution in [-0.2, 0) is 20.8 Å². The minimum Gasteiger partial charge on any atom is -0.427 e. The van der Waals surface area contributed by atoms with Crippen LogP contribution in [0.1, 0.15) is 103 Å². The lowest BCUT2D eigenvalue weighted by Gasteiger charge is -2.48. The number of hydrogen-bond acceptors (Lipinski definition) is 4. The Morgan fingerprint density at radius 2 is 1.85 bits per heavy atom. The van der Waals surface area contributed by atoms with E-state index >= 15 is 0 Å². The van der Waals surface area contributed by atoms with Crippen LogP contribution >= 0.6 is 0 Å². The minimum absolute atomic E-state index is 0.0481. The standard InChI is InChI=1S/C35H40O4/c1-19-17-28-32(20(2)35(15-16-35)21(3)33(28)38)24(19)9-12-31(37)39-23-6-8-25-22(18-23)5-7-27-26(25)13-14-34(4)29(27)10-11-30(34)36/h6,8,17-18,21,26-27,29H,5,7,9-16H2,1-4H3/t21-,26?,27?,29?,34+/m1/s1. The van der Waals surface area contributed by atoms with Crippen molar-refractivity contribution in [3.8, 4) is 5.75 Å². The molecular weight excluding hydrogens is 484 g/mol. The molecule has 6 aliphatic rings. The van der Waals surface area contributed by atoms with Crippen LogP contribution in [0.2, 0.25) is 0 Å². The van der Waals surface area contributed by atoms with E-state index in [1.54, 1.807) is 0 Å². The molecule has 1 aromatic carbocycles. The van der Waals surface area contributed by atoms with Gasteiger partial charge < -0.3 is 4.74 Å². The molecule has 6 aliphatic carbocycles. The number of ketones is 2. The second kappa shape index (κ2) is 8.62. The van der Waals surface area contributed by atoms with Crippen molar-refractivity contribution in [2.75, 3.05) is 0 Å². The molecule has 0 N–H and O–H groups in total. The van der Waals surface area contributed by atoms with Crippen LogP contribution in [-0.4, -0.2) is 17.5 Å². The lowest BCUT2D eigenvalue weighted by Crippen LogP contribution is -2.42. The van der Waals surface area contributed by atoms with E-state index < -0.39 is 0 Å². The number of hydrogen-bond donors (Lipinski definition) is 0. The summed E-state index contributed by atoms with van der Waals surface area (Å²) in [6.45, 7) is 8.57. The molecule has 7 rings (SSSR count). The van der Waals surface area contributed by atoms with Crippen LogP contribution in [0, 0.1) is 28.6 Å². The highest BCUT2D eigenvalue weighted by Crippen LogP contribution is 2.64. The van der Waals surface area contributed by atoms with Crippen molar-refractivity contribution in [1.82, 2.24) is 0 Å². The Kier molecular flexibility index (Phi) is 5.58. The predicted octanol–water partition coefficient (Wildman–Crippen LogP) is 7.37. The lowest BCUT2D eigenvalue weighted by atomic mass is 9.55. The van der Waals surface area contributed by atoms with Crippen molar-refractivity contribution >= 4 is 17.5 Å². The monoisotopic (exact) mass is 524 g/mol. The van der Waals surface area contributed by atoms with E-state index in [2.05, 4.69) is 39.8 Å². The number of ether oxygens (including phenoxy) is 1. The number of benzene rings is 1. The summed E-state index contributed by atoms with van der Waals surface area (Å²) in [5, 5.41) is 0. The molecule has 4 heteroatoms. The zero-order chi connectivity index (χ0) is 27.3. The maximum Gasteiger partial charge on any atom is 0.311 e. The largest absolute Gasteiger partial charge is 0.427 e. The molecule has 39 heavy (non-hydrogen) atoms. The normalized spacial score (nSPS) is 34.0. The average molecular weight is 525 g/mol. The summed E-state index contributed by atoms with van der Waals surface area (Å²) in [6.07, 6.45) is 11.1. The third-order valence-electron chi connectivity index (χ3n) is 12.0. The molecular formula is C35H40O4. The molecule has 0 aliphatic heterocycles. The van der Waals surface area contributed by atoms with E-state index in [1.165, 1.54) is 16.7 Å². The third-order valence-corrected chi connectivity index (χ3v) is 12.0. The Bertz CT molecular complexity index is 1420. The van der Waals surface area contributed by atoms with Gasteiger partial charge in [0.15, 0.2) is 5.78 Å². The van der Waals surface area contributed by atoms with Gasteiger partial charge >= 0.3 is 5.97 Å². The Hall–Kier alpha value is -2.75. The van der Waals surface area contributed by atoms with Gasteiger partial charge in [-0.1, -0.05) is 25.5 Å². The summed E-state index contributed by atoms with van der Waals surface area (Å²) < 4.78 is 5.86. The van der Waals surface area contributed by atoms with E-state index in [0.29, 0.717) is 42.1 Å². The minimum atomic E-state index is -0.217.